The van der Waals surface area contributed by atoms with Gasteiger partial charge in [0.2, 0.25) is 5.78 Å². The van der Waals surface area contributed by atoms with Crippen molar-refractivity contribution in [2.24, 2.45) is 0 Å². The molecule has 0 aliphatic rings. The number of esters is 1. The summed E-state index contributed by atoms with van der Waals surface area (Å²) in [6.45, 7) is 1.75. The van der Waals surface area contributed by atoms with Crippen LogP contribution in [0.1, 0.15) is 27.8 Å². The minimum atomic E-state index is -0.514. The maximum absolute atomic E-state index is 11.9. The van der Waals surface area contributed by atoms with Crippen molar-refractivity contribution in [2.75, 3.05) is 7.11 Å². The highest BCUT2D eigenvalue weighted by Crippen LogP contribution is 2.23. The molecule has 0 saturated heterocycles. The minimum absolute atomic E-state index is 0.242. The number of ether oxygens (including phenoxy) is 1. The smallest absolute Gasteiger partial charge is 0.340 e. The number of para-hydroxylation sites is 1. The van der Waals surface area contributed by atoms with Crippen molar-refractivity contribution in [1.29, 1.82) is 0 Å². The van der Waals surface area contributed by atoms with Gasteiger partial charge in [0, 0.05) is 10.9 Å². The number of ketones is 1. The molecule has 0 spiro atoms. The van der Waals surface area contributed by atoms with E-state index in [-0.39, 0.29) is 17.0 Å². The molecule has 0 bridgehead atoms. The largest absolute Gasteiger partial charge is 0.465 e. The lowest BCUT2D eigenvalue weighted by Crippen LogP contribution is -2.07. The highest BCUT2D eigenvalue weighted by Gasteiger charge is 2.21. The van der Waals surface area contributed by atoms with Crippen LogP contribution in [0.3, 0.4) is 0 Å². The van der Waals surface area contributed by atoms with Crippen LogP contribution in [0.5, 0.6) is 0 Å². The zero-order valence-corrected chi connectivity index (χ0v) is 10.2. The Labute approximate surface area is 104 Å². The normalized spacial score (nSPS) is 11.0. The highest BCUT2D eigenvalue weighted by molar-refractivity contribution is 6.17. The van der Waals surface area contributed by atoms with Crippen LogP contribution in [0.4, 0.5) is 0 Å². The van der Waals surface area contributed by atoms with E-state index in [4.69, 9.17) is 4.74 Å². The Morgan fingerprint density at radius 1 is 1.28 bits per heavy atom. The van der Waals surface area contributed by atoms with Crippen LogP contribution >= 0.6 is 0 Å². The zero-order valence-electron chi connectivity index (χ0n) is 10.2. The Kier molecular flexibility index (Phi) is 3.28. The number of carbonyl (C=O) groups is 2. The first-order valence-corrected chi connectivity index (χ1v) is 5.55. The molecule has 0 radical (unpaired) electrons. The number of nitrogens with one attached hydrogen (secondary N) is 1. The second kappa shape index (κ2) is 4.87. The van der Waals surface area contributed by atoms with E-state index in [1.165, 1.54) is 13.2 Å². The molecule has 1 aromatic carbocycles. The molecule has 0 amide bonds. The Morgan fingerprint density at radius 3 is 2.67 bits per heavy atom. The van der Waals surface area contributed by atoms with Crippen LogP contribution in [0.2, 0.25) is 0 Å². The first-order valence-electron chi connectivity index (χ1n) is 5.55. The maximum Gasteiger partial charge on any atom is 0.340 e. The summed E-state index contributed by atoms with van der Waals surface area (Å²) in [4.78, 5) is 26.7. The van der Waals surface area contributed by atoms with Gasteiger partial charge in [0.15, 0.2) is 0 Å². The van der Waals surface area contributed by atoms with Crippen LogP contribution in [-0.4, -0.2) is 23.8 Å². The lowest BCUT2D eigenvalue weighted by Gasteiger charge is -1.99. The number of aromatic nitrogens is 1. The molecular weight excluding hydrogens is 230 g/mol. The van der Waals surface area contributed by atoms with E-state index in [0.29, 0.717) is 5.39 Å². The van der Waals surface area contributed by atoms with Gasteiger partial charge in [0.25, 0.3) is 0 Å². The van der Waals surface area contributed by atoms with Gasteiger partial charge < -0.3 is 9.72 Å². The van der Waals surface area contributed by atoms with Crippen molar-refractivity contribution >= 4 is 22.7 Å². The third-order valence-corrected chi connectivity index (χ3v) is 2.66. The fourth-order valence-corrected chi connectivity index (χ4v) is 1.88. The molecule has 0 atom stereocenters. The summed E-state index contributed by atoms with van der Waals surface area (Å²) in [7, 11) is 1.30. The maximum atomic E-state index is 11.9. The van der Waals surface area contributed by atoms with Crippen LogP contribution in [0.25, 0.3) is 10.9 Å². The van der Waals surface area contributed by atoms with E-state index in [0.717, 1.165) is 5.52 Å². The first-order chi connectivity index (χ1) is 8.69. The van der Waals surface area contributed by atoms with Gasteiger partial charge >= 0.3 is 5.97 Å². The van der Waals surface area contributed by atoms with E-state index in [2.05, 4.69) is 4.98 Å². The third kappa shape index (κ3) is 1.93. The number of carbonyl (C=O) groups excluding carboxylic acids is 2. The summed E-state index contributed by atoms with van der Waals surface area (Å²) in [5, 5.41) is 0.692. The minimum Gasteiger partial charge on any atom is -0.465 e. The average Bonchev–Trinajstić information content (AvgIpc) is 2.77. The molecule has 0 aliphatic heterocycles. The van der Waals surface area contributed by atoms with Gasteiger partial charge in [0.05, 0.1) is 12.7 Å². The highest BCUT2D eigenvalue weighted by atomic mass is 16.5. The summed E-state index contributed by atoms with van der Waals surface area (Å²) in [6, 6.07) is 7.25. The first kappa shape index (κ1) is 12.1. The molecule has 18 heavy (non-hydrogen) atoms. The fourth-order valence-electron chi connectivity index (χ4n) is 1.88. The standard InChI is InChI=1S/C14H13NO3/c1-3-6-11(16)13-12(14(17)18-2)9-7-4-5-8-10(9)15-13/h3-8,15H,1-2H3/b6-3-. The van der Waals surface area contributed by atoms with Gasteiger partial charge in [-0.15, -0.1) is 0 Å². The molecule has 1 N–H and O–H groups in total. The van der Waals surface area contributed by atoms with Gasteiger partial charge in [-0.3, -0.25) is 4.79 Å². The molecule has 0 saturated carbocycles. The number of benzene rings is 1. The molecule has 2 aromatic rings. The summed E-state index contributed by atoms with van der Waals surface area (Å²) >= 11 is 0. The number of aromatic amines is 1. The van der Waals surface area contributed by atoms with Crippen LogP contribution < -0.4 is 0 Å². The number of fused-ring (bicyclic) bond motifs is 1. The second-order valence-corrected chi connectivity index (χ2v) is 3.78. The summed E-state index contributed by atoms with van der Waals surface area (Å²) < 4.78 is 4.74. The summed E-state index contributed by atoms with van der Waals surface area (Å²) in [5.41, 5.74) is 1.29. The Balaban J connectivity index is 2.72. The van der Waals surface area contributed by atoms with Crippen molar-refractivity contribution in [1.82, 2.24) is 4.98 Å². The van der Waals surface area contributed by atoms with Crippen molar-refractivity contribution in [3.05, 3.63) is 47.7 Å². The van der Waals surface area contributed by atoms with Crippen molar-refractivity contribution in [3.63, 3.8) is 0 Å². The molecular formula is C14H13NO3. The quantitative estimate of drug-likeness (QED) is 0.512. The molecule has 4 nitrogen and oxygen atoms in total. The van der Waals surface area contributed by atoms with Gasteiger partial charge in [-0.25, -0.2) is 4.79 Å². The SMILES string of the molecule is C/C=C\C(=O)c1[nH]c2ccccc2c1C(=O)OC. The van der Waals surface area contributed by atoms with E-state index in [1.54, 1.807) is 19.1 Å². The lowest BCUT2D eigenvalue weighted by molar-refractivity contribution is 0.0600. The summed E-state index contributed by atoms with van der Waals surface area (Å²) in [5.74, 6) is -0.755. The number of hydrogen-bond donors (Lipinski definition) is 1. The van der Waals surface area contributed by atoms with E-state index >= 15 is 0 Å². The monoisotopic (exact) mass is 243 g/mol. The van der Waals surface area contributed by atoms with Crippen LogP contribution in [0.15, 0.2) is 36.4 Å². The molecule has 1 aromatic heterocycles. The third-order valence-electron chi connectivity index (χ3n) is 2.66. The fraction of sp³-hybridized carbons (Fsp3) is 0.143. The lowest BCUT2D eigenvalue weighted by atomic mass is 10.1. The molecule has 0 fully saturated rings. The molecule has 0 aliphatic carbocycles. The predicted molar refractivity (Wildman–Crippen MR) is 68.8 cm³/mol. The van der Waals surface area contributed by atoms with E-state index < -0.39 is 5.97 Å². The van der Waals surface area contributed by atoms with Crippen molar-refractivity contribution in [2.45, 2.75) is 6.92 Å². The van der Waals surface area contributed by atoms with Crippen LogP contribution in [0, 0.1) is 0 Å². The Morgan fingerprint density at radius 2 is 2.00 bits per heavy atom. The molecule has 0 unspecified atom stereocenters. The predicted octanol–water partition coefficient (Wildman–Crippen LogP) is 2.71. The molecule has 92 valence electrons. The van der Waals surface area contributed by atoms with Gasteiger partial charge in [0.1, 0.15) is 5.69 Å². The van der Waals surface area contributed by atoms with Crippen molar-refractivity contribution in [3.8, 4) is 0 Å². The van der Waals surface area contributed by atoms with Gasteiger partial charge in [-0.1, -0.05) is 24.3 Å². The van der Waals surface area contributed by atoms with Gasteiger partial charge in [-0.2, -0.15) is 0 Å². The summed E-state index contributed by atoms with van der Waals surface area (Å²) in [6.07, 6.45) is 3.05. The Bertz CT molecular complexity index is 638. The number of hydrogen-bond acceptors (Lipinski definition) is 3. The number of H-pyrrole nitrogens is 1. The van der Waals surface area contributed by atoms with Crippen molar-refractivity contribution < 1.29 is 14.3 Å². The second-order valence-electron chi connectivity index (χ2n) is 3.78. The average molecular weight is 243 g/mol. The van der Waals surface area contributed by atoms with Crippen LogP contribution in [-0.2, 0) is 4.74 Å². The van der Waals surface area contributed by atoms with E-state index in [9.17, 15) is 9.59 Å². The topological polar surface area (TPSA) is 59.2 Å². The number of methoxy groups -OCH3 is 1. The molecule has 1 heterocycles. The molecule has 2 rings (SSSR count). The zero-order chi connectivity index (χ0) is 13.1. The molecule has 4 heteroatoms. The van der Waals surface area contributed by atoms with E-state index in [1.807, 2.05) is 18.2 Å². The number of rotatable bonds is 3. The number of allylic oxidation sites excluding steroid dienone is 2. The Hall–Kier alpha value is -2.36. The van der Waals surface area contributed by atoms with Gasteiger partial charge in [-0.05, 0) is 19.1 Å².